The number of hydrogen-bond donors (Lipinski definition) is 3. The smallest absolute Gasteiger partial charge is 0.337 e. The molecule has 0 spiro atoms. The van der Waals surface area contributed by atoms with E-state index >= 15 is 0 Å². The Morgan fingerprint density at radius 2 is 2.12 bits per heavy atom. The van der Waals surface area contributed by atoms with Crippen LogP contribution in [0.25, 0.3) is 0 Å². The van der Waals surface area contributed by atoms with Crippen molar-refractivity contribution < 1.29 is 19.8 Å². The molecule has 0 bridgehead atoms. The Balaban J connectivity index is 2.43. The summed E-state index contributed by atoms with van der Waals surface area (Å²) in [6.07, 6.45) is 0.203. The monoisotopic (exact) mass is 257 g/mol. The molecular formula is C11H15NO4S. The van der Waals surface area contributed by atoms with Crippen LogP contribution in [0.3, 0.4) is 0 Å². The van der Waals surface area contributed by atoms with Gasteiger partial charge in [0.2, 0.25) is 5.91 Å². The molecule has 0 aliphatic rings. The fourth-order valence-corrected chi connectivity index (χ4v) is 2.04. The average molecular weight is 257 g/mol. The Morgan fingerprint density at radius 3 is 2.59 bits per heavy atom. The lowest BCUT2D eigenvalue weighted by Crippen LogP contribution is -2.46. The van der Waals surface area contributed by atoms with Crippen LogP contribution < -0.4 is 5.32 Å². The second-order valence-electron chi connectivity index (χ2n) is 4.04. The van der Waals surface area contributed by atoms with Gasteiger partial charge in [0.15, 0.2) is 5.60 Å². The number of carbonyl (C=O) groups is 2. The Kier molecular flexibility index (Phi) is 4.25. The predicted molar refractivity (Wildman–Crippen MR) is 64.0 cm³/mol. The molecule has 3 N–H and O–H groups in total. The van der Waals surface area contributed by atoms with Crippen LogP contribution in [-0.4, -0.2) is 34.2 Å². The van der Waals surface area contributed by atoms with Crippen LogP contribution in [0.4, 0.5) is 0 Å². The molecule has 1 aromatic heterocycles. The standard InChI is InChI=1S/C11H15NO4S/c1-7-3-4-8(17-7)5-9(13)12-6-11(2,16)10(14)15/h3-4,16H,5-6H2,1-2H3,(H,12,13)(H,14,15). The van der Waals surface area contributed by atoms with Gasteiger partial charge in [-0.25, -0.2) is 4.79 Å². The van der Waals surface area contributed by atoms with Gasteiger partial charge >= 0.3 is 5.97 Å². The van der Waals surface area contributed by atoms with Gasteiger partial charge in [-0.15, -0.1) is 11.3 Å². The Hall–Kier alpha value is -1.40. The van der Waals surface area contributed by atoms with Gasteiger partial charge in [0.05, 0.1) is 13.0 Å². The molecule has 6 heteroatoms. The van der Waals surface area contributed by atoms with Gasteiger partial charge in [0, 0.05) is 9.75 Å². The highest BCUT2D eigenvalue weighted by Gasteiger charge is 2.30. The van der Waals surface area contributed by atoms with Gasteiger partial charge in [0.25, 0.3) is 0 Å². The number of nitrogens with one attached hydrogen (secondary N) is 1. The highest BCUT2D eigenvalue weighted by Crippen LogP contribution is 2.15. The highest BCUT2D eigenvalue weighted by molar-refractivity contribution is 7.12. The first kappa shape index (κ1) is 13.7. The molecule has 0 saturated carbocycles. The molecule has 1 heterocycles. The van der Waals surface area contributed by atoms with Gasteiger partial charge in [0.1, 0.15) is 0 Å². The zero-order chi connectivity index (χ0) is 13.1. The van der Waals surface area contributed by atoms with Crippen molar-refractivity contribution in [2.24, 2.45) is 0 Å². The number of thiophene rings is 1. The van der Waals surface area contributed by atoms with Gasteiger partial charge < -0.3 is 15.5 Å². The van der Waals surface area contributed by atoms with Gasteiger partial charge in [-0.2, -0.15) is 0 Å². The molecule has 17 heavy (non-hydrogen) atoms. The van der Waals surface area contributed by atoms with Crippen molar-refractivity contribution in [2.45, 2.75) is 25.9 Å². The number of aliphatic carboxylic acids is 1. The molecule has 0 aliphatic heterocycles. The first-order valence-electron chi connectivity index (χ1n) is 5.09. The number of rotatable bonds is 5. The minimum absolute atomic E-state index is 0.203. The summed E-state index contributed by atoms with van der Waals surface area (Å²) in [5.74, 6) is -1.65. The lowest BCUT2D eigenvalue weighted by atomic mass is 10.1. The quantitative estimate of drug-likeness (QED) is 0.719. The minimum atomic E-state index is -1.93. The Labute approximate surface area is 103 Å². The minimum Gasteiger partial charge on any atom is -0.479 e. The first-order chi connectivity index (χ1) is 7.81. The van der Waals surface area contributed by atoms with E-state index in [9.17, 15) is 14.7 Å². The summed E-state index contributed by atoms with van der Waals surface area (Å²) in [5.41, 5.74) is -1.93. The van der Waals surface area contributed by atoms with Crippen molar-refractivity contribution >= 4 is 23.2 Å². The number of hydrogen-bond acceptors (Lipinski definition) is 4. The summed E-state index contributed by atoms with van der Waals surface area (Å²) < 4.78 is 0. The Bertz CT molecular complexity index is 425. The molecule has 0 saturated heterocycles. The highest BCUT2D eigenvalue weighted by atomic mass is 32.1. The molecular weight excluding hydrogens is 242 g/mol. The van der Waals surface area contributed by atoms with Crippen LogP contribution in [0, 0.1) is 6.92 Å². The SMILES string of the molecule is Cc1ccc(CC(=O)NCC(C)(O)C(=O)O)s1. The fraction of sp³-hybridized carbons (Fsp3) is 0.455. The number of carboxylic acids is 1. The van der Waals surface area contributed by atoms with Crippen LogP contribution in [0.5, 0.6) is 0 Å². The zero-order valence-corrected chi connectivity index (χ0v) is 10.5. The van der Waals surface area contributed by atoms with Crippen molar-refractivity contribution in [1.29, 1.82) is 0 Å². The molecule has 1 aromatic rings. The van der Waals surface area contributed by atoms with Crippen LogP contribution >= 0.6 is 11.3 Å². The van der Waals surface area contributed by atoms with E-state index in [1.165, 1.54) is 11.3 Å². The second-order valence-corrected chi connectivity index (χ2v) is 5.42. The van der Waals surface area contributed by atoms with Crippen molar-refractivity contribution in [3.63, 3.8) is 0 Å². The van der Waals surface area contributed by atoms with Crippen LogP contribution in [0.15, 0.2) is 12.1 Å². The first-order valence-corrected chi connectivity index (χ1v) is 5.91. The third-order valence-corrected chi connectivity index (χ3v) is 3.22. The van der Waals surface area contributed by atoms with Crippen molar-refractivity contribution in [3.05, 3.63) is 21.9 Å². The molecule has 94 valence electrons. The summed E-state index contributed by atoms with van der Waals surface area (Å²) in [4.78, 5) is 24.1. The molecule has 0 aromatic carbocycles. The molecule has 1 rings (SSSR count). The van der Waals surface area contributed by atoms with Crippen molar-refractivity contribution in [1.82, 2.24) is 5.32 Å². The summed E-state index contributed by atoms with van der Waals surface area (Å²) >= 11 is 1.52. The van der Waals surface area contributed by atoms with E-state index in [0.29, 0.717) is 0 Å². The topological polar surface area (TPSA) is 86.6 Å². The maximum atomic E-state index is 11.5. The van der Waals surface area contributed by atoms with Crippen LogP contribution in [-0.2, 0) is 16.0 Å². The fourth-order valence-electron chi connectivity index (χ4n) is 1.15. The Morgan fingerprint density at radius 1 is 1.47 bits per heavy atom. The number of aryl methyl sites for hydroxylation is 1. The number of carboxylic acid groups (broad SMARTS) is 1. The van der Waals surface area contributed by atoms with Gasteiger partial charge in [-0.05, 0) is 26.0 Å². The van der Waals surface area contributed by atoms with Gasteiger partial charge in [-0.3, -0.25) is 4.79 Å². The molecule has 0 aliphatic carbocycles. The number of amides is 1. The number of aliphatic hydroxyl groups is 1. The van der Waals surface area contributed by atoms with E-state index in [2.05, 4.69) is 5.32 Å². The maximum absolute atomic E-state index is 11.5. The van der Waals surface area contributed by atoms with Crippen LogP contribution in [0.1, 0.15) is 16.7 Å². The zero-order valence-electron chi connectivity index (χ0n) is 9.69. The van der Waals surface area contributed by atoms with E-state index < -0.39 is 11.6 Å². The number of carbonyl (C=O) groups excluding carboxylic acids is 1. The molecule has 0 fully saturated rings. The van der Waals surface area contributed by atoms with Gasteiger partial charge in [-0.1, -0.05) is 0 Å². The predicted octanol–water partition coefficient (Wildman–Crippen LogP) is 0.551. The van der Waals surface area contributed by atoms with Crippen LogP contribution in [0.2, 0.25) is 0 Å². The van der Waals surface area contributed by atoms with E-state index in [1.54, 1.807) is 0 Å². The third-order valence-electron chi connectivity index (χ3n) is 2.22. The normalized spacial score (nSPS) is 14.1. The molecule has 1 unspecified atom stereocenters. The average Bonchev–Trinajstić information content (AvgIpc) is 2.61. The lowest BCUT2D eigenvalue weighted by Gasteiger charge is -2.18. The molecule has 5 nitrogen and oxygen atoms in total. The molecule has 1 amide bonds. The third kappa shape index (κ3) is 4.16. The van der Waals surface area contributed by atoms with E-state index in [0.717, 1.165) is 16.7 Å². The summed E-state index contributed by atoms with van der Waals surface area (Å²) in [5, 5.41) is 20.4. The van der Waals surface area contributed by atoms with Crippen molar-refractivity contribution in [2.75, 3.05) is 6.54 Å². The van der Waals surface area contributed by atoms with Crippen molar-refractivity contribution in [3.8, 4) is 0 Å². The summed E-state index contributed by atoms with van der Waals surface area (Å²) in [7, 11) is 0. The maximum Gasteiger partial charge on any atom is 0.337 e. The summed E-state index contributed by atoms with van der Waals surface area (Å²) in [6.45, 7) is 2.79. The largest absolute Gasteiger partial charge is 0.479 e. The molecule has 1 atom stereocenters. The van der Waals surface area contributed by atoms with E-state index in [4.69, 9.17) is 5.11 Å². The summed E-state index contributed by atoms with van der Waals surface area (Å²) in [6, 6.07) is 3.77. The van der Waals surface area contributed by atoms with E-state index in [1.807, 2.05) is 19.1 Å². The second kappa shape index (κ2) is 5.29. The molecule has 0 radical (unpaired) electrons. The van der Waals surface area contributed by atoms with E-state index in [-0.39, 0.29) is 18.9 Å². The lowest BCUT2D eigenvalue weighted by molar-refractivity contribution is -0.156.